The van der Waals surface area contributed by atoms with Gasteiger partial charge in [-0.05, 0) is 37.4 Å². The zero-order chi connectivity index (χ0) is 16.3. The van der Waals surface area contributed by atoms with Crippen molar-refractivity contribution in [2.24, 2.45) is 11.7 Å². The van der Waals surface area contributed by atoms with E-state index in [9.17, 15) is 8.42 Å². The van der Waals surface area contributed by atoms with Gasteiger partial charge in [0.25, 0.3) is 0 Å². The van der Waals surface area contributed by atoms with Crippen molar-refractivity contribution in [1.82, 2.24) is 14.5 Å². The van der Waals surface area contributed by atoms with Gasteiger partial charge in [0.1, 0.15) is 4.90 Å². The Morgan fingerprint density at radius 3 is 2.62 bits per heavy atom. The molecule has 1 aliphatic rings. The molecule has 132 valence electrons. The van der Waals surface area contributed by atoms with Crippen LogP contribution in [0.1, 0.15) is 25.7 Å². The summed E-state index contributed by atoms with van der Waals surface area (Å²) in [6, 6.07) is 9.35. The maximum atomic E-state index is 12.6. The van der Waals surface area contributed by atoms with Gasteiger partial charge in [-0.3, -0.25) is 0 Å². The molecule has 3 N–H and O–H groups in total. The van der Waals surface area contributed by atoms with Crippen LogP contribution < -0.4 is 10.5 Å². The Bertz CT molecular complexity index is 748. The van der Waals surface area contributed by atoms with Crippen LogP contribution in [0.25, 0.3) is 5.69 Å². The molecule has 6 nitrogen and oxygen atoms in total. The van der Waals surface area contributed by atoms with E-state index in [1.165, 1.54) is 12.4 Å². The lowest BCUT2D eigenvalue weighted by atomic mass is 9.85. The third-order valence-corrected chi connectivity index (χ3v) is 5.85. The Balaban J connectivity index is 0.00000208. The van der Waals surface area contributed by atoms with E-state index < -0.39 is 10.0 Å². The van der Waals surface area contributed by atoms with Gasteiger partial charge in [-0.25, -0.2) is 17.8 Å². The second kappa shape index (κ2) is 8.11. The molecule has 2 atom stereocenters. The van der Waals surface area contributed by atoms with Crippen LogP contribution in [0.15, 0.2) is 47.6 Å². The third-order valence-electron chi connectivity index (χ3n) is 4.41. The fourth-order valence-corrected chi connectivity index (χ4v) is 4.35. The quantitative estimate of drug-likeness (QED) is 0.843. The Labute approximate surface area is 148 Å². The monoisotopic (exact) mass is 370 g/mol. The summed E-state index contributed by atoms with van der Waals surface area (Å²) in [4.78, 5) is 0.183. The summed E-state index contributed by atoms with van der Waals surface area (Å²) < 4.78 is 29.6. The molecule has 1 saturated carbocycles. The average molecular weight is 371 g/mol. The highest BCUT2D eigenvalue weighted by Crippen LogP contribution is 2.25. The number of nitrogens with zero attached hydrogens (tertiary/aromatic N) is 2. The molecule has 1 fully saturated rings. The Morgan fingerprint density at radius 1 is 1.21 bits per heavy atom. The molecule has 0 bridgehead atoms. The average Bonchev–Trinajstić information content (AvgIpc) is 3.07. The fraction of sp³-hybridized carbons (Fsp3) is 0.438. The van der Waals surface area contributed by atoms with Crippen LogP contribution in [0.3, 0.4) is 0 Å². The minimum atomic E-state index is -3.58. The van der Waals surface area contributed by atoms with E-state index in [0.717, 1.165) is 31.4 Å². The first kappa shape index (κ1) is 18.9. The molecule has 1 heterocycles. The lowest BCUT2D eigenvalue weighted by Crippen LogP contribution is -2.44. The second-order valence-corrected chi connectivity index (χ2v) is 7.68. The van der Waals surface area contributed by atoms with Gasteiger partial charge < -0.3 is 5.73 Å². The molecule has 24 heavy (non-hydrogen) atoms. The molecule has 1 aromatic heterocycles. The molecule has 0 radical (unpaired) electrons. The Morgan fingerprint density at radius 2 is 1.92 bits per heavy atom. The summed E-state index contributed by atoms with van der Waals surface area (Å²) in [7, 11) is -3.58. The van der Waals surface area contributed by atoms with Crippen LogP contribution in [0.5, 0.6) is 0 Å². The number of benzene rings is 1. The number of nitrogens with two attached hydrogens (primary N) is 1. The first-order chi connectivity index (χ1) is 11.1. The first-order valence-electron chi connectivity index (χ1n) is 7.92. The van der Waals surface area contributed by atoms with Gasteiger partial charge in [0, 0.05) is 6.04 Å². The maximum Gasteiger partial charge on any atom is 0.243 e. The highest BCUT2D eigenvalue weighted by molar-refractivity contribution is 7.89. The Hall–Kier alpha value is -1.41. The maximum absolute atomic E-state index is 12.6. The van der Waals surface area contributed by atoms with E-state index in [4.69, 9.17) is 5.73 Å². The molecule has 3 rings (SSSR count). The van der Waals surface area contributed by atoms with Crippen LogP contribution in [0.4, 0.5) is 0 Å². The molecule has 0 saturated heterocycles. The predicted molar refractivity (Wildman–Crippen MR) is 95.9 cm³/mol. The first-order valence-corrected chi connectivity index (χ1v) is 9.41. The molecule has 1 aliphatic carbocycles. The molecular formula is C16H23ClN4O2S. The molecular weight excluding hydrogens is 348 g/mol. The van der Waals surface area contributed by atoms with Gasteiger partial charge in [0.15, 0.2) is 0 Å². The molecule has 2 unspecified atom stereocenters. The number of rotatable bonds is 5. The molecule has 0 spiro atoms. The number of hydrogen-bond donors (Lipinski definition) is 2. The summed E-state index contributed by atoms with van der Waals surface area (Å²) in [5.74, 6) is 0.211. The summed E-state index contributed by atoms with van der Waals surface area (Å²) in [5.41, 5.74) is 6.61. The van der Waals surface area contributed by atoms with Crippen molar-refractivity contribution < 1.29 is 8.42 Å². The number of nitrogens with one attached hydrogen (secondary N) is 1. The standard InChI is InChI=1S/C16H22N4O2S.ClH/c17-10-13-6-4-5-9-16(13)19-23(21,22)15-11-18-20(12-15)14-7-2-1-3-8-14;/h1-3,7-8,11-13,16,19H,4-6,9-10,17H2;1H. The van der Waals surface area contributed by atoms with E-state index in [2.05, 4.69) is 9.82 Å². The van der Waals surface area contributed by atoms with Crippen LogP contribution in [0, 0.1) is 5.92 Å². The molecule has 0 aliphatic heterocycles. The van der Waals surface area contributed by atoms with Crippen LogP contribution in [-0.2, 0) is 10.0 Å². The number of aromatic nitrogens is 2. The van der Waals surface area contributed by atoms with E-state index in [1.807, 2.05) is 30.3 Å². The van der Waals surface area contributed by atoms with Crippen molar-refractivity contribution >= 4 is 22.4 Å². The third kappa shape index (κ3) is 4.16. The molecule has 2 aromatic rings. The fourth-order valence-electron chi connectivity index (χ4n) is 3.08. The highest BCUT2D eigenvalue weighted by atomic mass is 35.5. The van der Waals surface area contributed by atoms with Crippen molar-refractivity contribution in [2.45, 2.75) is 36.6 Å². The number of para-hydroxylation sites is 1. The van der Waals surface area contributed by atoms with Crippen molar-refractivity contribution in [3.05, 3.63) is 42.7 Å². The minimum Gasteiger partial charge on any atom is -0.330 e. The summed E-state index contributed by atoms with van der Waals surface area (Å²) in [6.45, 7) is 0.510. The number of halogens is 1. The number of hydrogen-bond acceptors (Lipinski definition) is 4. The van der Waals surface area contributed by atoms with E-state index in [0.29, 0.717) is 6.54 Å². The second-order valence-electron chi connectivity index (χ2n) is 5.96. The molecule has 0 amide bonds. The molecule has 1 aromatic carbocycles. The summed E-state index contributed by atoms with van der Waals surface area (Å²) in [5, 5.41) is 4.16. The normalized spacial score (nSPS) is 21.2. The SMILES string of the molecule is Cl.NCC1CCCCC1NS(=O)(=O)c1cnn(-c2ccccc2)c1. The van der Waals surface area contributed by atoms with Gasteiger partial charge in [-0.2, -0.15) is 5.10 Å². The van der Waals surface area contributed by atoms with E-state index in [-0.39, 0.29) is 29.3 Å². The lowest BCUT2D eigenvalue weighted by molar-refractivity contribution is 0.296. The van der Waals surface area contributed by atoms with Gasteiger partial charge in [-0.1, -0.05) is 31.0 Å². The van der Waals surface area contributed by atoms with Crippen LogP contribution >= 0.6 is 12.4 Å². The predicted octanol–water partition coefficient (Wildman–Crippen LogP) is 2.09. The summed E-state index contributed by atoms with van der Waals surface area (Å²) >= 11 is 0. The van der Waals surface area contributed by atoms with Gasteiger partial charge in [-0.15, -0.1) is 12.4 Å². The van der Waals surface area contributed by atoms with Crippen LogP contribution in [0.2, 0.25) is 0 Å². The Kier molecular flexibility index (Phi) is 6.40. The number of sulfonamides is 1. The zero-order valence-corrected chi connectivity index (χ0v) is 15.0. The van der Waals surface area contributed by atoms with Crippen molar-refractivity contribution in [1.29, 1.82) is 0 Å². The lowest BCUT2D eigenvalue weighted by Gasteiger charge is -2.30. The van der Waals surface area contributed by atoms with Crippen molar-refractivity contribution in [3.63, 3.8) is 0 Å². The van der Waals surface area contributed by atoms with Crippen LogP contribution in [-0.4, -0.2) is 30.8 Å². The largest absolute Gasteiger partial charge is 0.330 e. The summed E-state index contributed by atoms with van der Waals surface area (Å²) in [6.07, 6.45) is 6.90. The van der Waals surface area contributed by atoms with Crippen molar-refractivity contribution in [3.8, 4) is 5.69 Å². The molecule has 8 heteroatoms. The topological polar surface area (TPSA) is 90.0 Å². The van der Waals surface area contributed by atoms with Gasteiger partial charge in [0.2, 0.25) is 10.0 Å². The minimum absolute atomic E-state index is 0. The highest BCUT2D eigenvalue weighted by Gasteiger charge is 2.29. The van der Waals surface area contributed by atoms with E-state index >= 15 is 0 Å². The zero-order valence-electron chi connectivity index (χ0n) is 13.3. The van der Waals surface area contributed by atoms with Gasteiger partial charge >= 0.3 is 0 Å². The van der Waals surface area contributed by atoms with Crippen molar-refractivity contribution in [2.75, 3.05) is 6.54 Å². The van der Waals surface area contributed by atoms with E-state index in [1.54, 1.807) is 4.68 Å². The smallest absolute Gasteiger partial charge is 0.243 e. The van der Waals surface area contributed by atoms with Gasteiger partial charge in [0.05, 0.1) is 18.1 Å².